The maximum absolute atomic E-state index is 5.66. The SMILES string of the molecule is COc1cc(N)cc(NCCN)c1. The van der Waals surface area contributed by atoms with Crippen LogP contribution < -0.4 is 21.5 Å². The van der Waals surface area contributed by atoms with Gasteiger partial charge in [0.2, 0.25) is 0 Å². The molecule has 0 saturated heterocycles. The standard InChI is InChI=1S/C9H15N3O/c1-13-9-5-7(11)4-8(6-9)12-3-2-10/h4-6,12H,2-3,10-11H2,1H3. The lowest BCUT2D eigenvalue weighted by atomic mass is 10.2. The van der Waals surface area contributed by atoms with E-state index in [1.54, 1.807) is 13.2 Å². The third kappa shape index (κ3) is 2.83. The molecular formula is C9H15N3O. The van der Waals surface area contributed by atoms with Crippen molar-refractivity contribution in [2.75, 3.05) is 31.2 Å². The minimum absolute atomic E-state index is 0.594. The van der Waals surface area contributed by atoms with Gasteiger partial charge in [0.15, 0.2) is 0 Å². The van der Waals surface area contributed by atoms with Crippen LogP contribution in [0.15, 0.2) is 18.2 Å². The summed E-state index contributed by atoms with van der Waals surface area (Å²) in [7, 11) is 1.61. The van der Waals surface area contributed by atoms with Crippen LogP contribution in [-0.2, 0) is 0 Å². The lowest BCUT2D eigenvalue weighted by Gasteiger charge is -2.08. The fraction of sp³-hybridized carbons (Fsp3) is 0.333. The summed E-state index contributed by atoms with van der Waals surface area (Å²) in [4.78, 5) is 0. The average molecular weight is 181 g/mol. The van der Waals surface area contributed by atoms with Gasteiger partial charge in [-0.2, -0.15) is 0 Å². The Bertz CT molecular complexity index is 276. The zero-order valence-electron chi connectivity index (χ0n) is 7.71. The van der Waals surface area contributed by atoms with Crippen LogP contribution in [-0.4, -0.2) is 20.2 Å². The Kier molecular flexibility index (Phi) is 3.40. The molecular weight excluding hydrogens is 166 g/mol. The Morgan fingerprint density at radius 2 is 2.15 bits per heavy atom. The minimum Gasteiger partial charge on any atom is -0.497 e. The molecule has 0 aliphatic heterocycles. The highest BCUT2D eigenvalue weighted by atomic mass is 16.5. The normalized spacial score (nSPS) is 9.69. The molecule has 0 unspecified atom stereocenters. The number of nitrogens with two attached hydrogens (primary N) is 2. The van der Waals surface area contributed by atoms with Crippen LogP contribution >= 0.6 is 0 Å². The van der Waals surface area contributed by atoms with E-state index in [9.17, 15) is 0 Å². The van der Waals surface area contributed by atoms with E-state index in [0.717, 1.165) is 18.0 Å². The van der Waals surface area contributed by atoms with Gasteiger partial charge in [-0.25, -0.2) is 0 Å². The van der Waals surface area contributed by atoms with E-state index in [0.29, 0.717) is 12.2 Å². The molecule has 0 aliphatic rings. The number of nitrogens with one attached hydrogen (secondary N) is 1. The zero-order chi connectivity index (χ0) is 9.68. The third-order valence-electron chi connectivity index (χ3n) is 1.64. The first-order valence-corrected chi connectivity index (χ1v) is 4.14. The summed E-state index contributed by atoms with van der Waals surface area (Å²) in [5.74, 6) is 0.750. The number of anilines is 2. The quantitative estimate of drug-likeness (QED) is 0.596. The summed E-state index contributed by atoms with van der Waals surface area (Å²) >= 11 is 0. The molecule has 0 saturated carbocycles. The third-order valence-corrected chi connectivity index (χ3v) is 1.64. The first-order chi connectivity index (χ1) is 6.26. The van der Waals surface area contributed by atoms with Crippen molar-refractivity contribution in [2.45, 2.75) is 0 Å². The van der Waals surface area contributed by atoms with Crippen LogP contribution in [0.3, 0.4) is 0 Å². The van der Waals surface area contributed by atoms with Crippen molar-refractivity contribution >= 4 is 11.4 Å². The molecule has 1 aromatic rings. The second-order valence-electron chi connectivity index (χ2n) is 2.71. The number of hydrogen-bond acceptors (Lipinski definition) is 4. The highest BCUT2D eigenvalue weighted by Gasteiger charge is 1.97. The second-order valence-corrected chi connectivity index (χ2v) is 2.71. The number of ether oxygens (including phenoxy) is 1. The highest BCUT2D eigenvalue weighted by Crippen LogP contribution is 2.21. The van der Waals surface area contributed by atoms with Gasteiger partial charge in [-0.05, 0) is 6.07 Å². The van der Waals surface area contributed by atoms with Crippen LogP contribution in [0.1, 0.15) is 0 Å². The van der Waals surface area contributed by atoms with Crippen molar-refractivity contribution in [3.8, 4) is 5.75 Å². The predicted molar refractivity (Wildman–Crippen MR) is 55.0 cm³/mol. The van der Waals surface area contributed by atoms with Crippen LogP contribution in [0.5, 0.6) is 5.75 Å². The summed E-state index contributed by atoms with van der Waals surface area (Å²) in [6.07, 6.45) is 0. The van der Waals surface area contributed by atoms with Crippen molar-refractivity contribution in [3.05, 3.63) is 18.2 Å². The highest BCUT2D eigenvalue weighted by molar-refractivity contribution is 5.59. The first-order valence-electron chi connectivity index (χ1n) is 4.14. The molecule has 0 aromatic heterocycles. The number of benzene rings is 1. The van der Waals surface area contributed by atoms with E-state index in [4.69, 9.17) is 16.2 Å². The molecule has 72 valence electrons. The Morgan fingerprint density at radius 3 is 2.77 bits per heavy atom. The van der Waals surface area contributed by atoms with Gasteiger partial charge in [-0.3, -0.25) is 0 Å². The van der Waals surface area contributed by atoms with Gasteiger partial charge >= 0.3 is 0 Å². The maximum atomic E-state index is 5.66. The van der Waals surface area contributed by atoms with E-state index >= 15 is 0 Å². The van der Waals surface area contributed by atoms with Crippen molar-refractivity contribution in [1.29, 1.82) is 0 Å². The lowest BCUT2D eigenvalue weighted by Crippen LogP contribution is -2.13. The largest absolute Gasteiger partial charge is 0.497 e. The van der Waals surface area contributed by atoms with E-state index in [1.807, 2.05) is 12.1 Å². The van der Waals surface area contributed by atoms with Gasteiger partial charge in [0.05, 0.1) is 7.11 Å². The number of methoxy groups -OCH3 is 1. The smallest absolute Gasteiger partial charge is 0.122 e. The van der Waals surface area contributed by atoms with Crippen LogP contribution in [0.4, 0.5) is 11.4 Å². The minimum atomic E-state index is 0.594. The maximum Gasteiger partial charge on any atom is 0.122 e. The van der Waals surface area contributed by atoms with Crippen LogP contribution in [0.25, 0.3) is 0 Å². The Hall–Kier alpha value is -1.42. The molecule has 0 spiro atoms. The fourth-order valence-electron chi connectivity index (χ4n) is 1.06. The average Bonchev–Trinajstić information content (AvgIpc) is 2.14. The molecule has 0 bridgehead atoms. The summed E-state index contributed by atoms with van der Waals surface area (Å²) in [6.45, 7) is 1.32. The monoisotopic (exact) mass is 181 g/mol. The first kappa shape index (κ1) is 9.67. The van der Waals surface area contributed by atoms with Crippen molar-refractivity contribution in [3.63, 3.8) is 0 Å². The van der Waals surface area contributed by atoms with Gasteiger partial charge < -0.3 is 21.5 Å². The summed E-state index contributed by atoms with van der Waals surface area (Å²) in [5.41, 5.74) is 12.6. The molecule has 0 aliphatic carbocycles. The van der Waals surface area contributed by atoms with E-state index < -0.39 is 0 Å². The summed E-state index contributed by atoms with van der Waals surface area (Å²) in [6, 6.07) is 5.50. The Labute approximate surface area is 77.9 Å². The van der Waals surface area contributed by atoms with E-state index in [-0.39, 0.29) is 0 Å². The molecule has 1 rings (SSSR count). The lowest BCUT2D eigenvalue weighted by molar-refractivity contribution is 0.415. The second kappa shape index (κ2) is 4.57. The molecule has 0 radical (unpaired) electrons. The molecule has 13 heavy (non-hydrogen) atoms. The topological polar surface area (TPSA) is 73.3 Å². The summed E-state index contributed by atoms with van der Waals surface area (Å²) in [5, 5.41) is 3.12. The molecule has 0 amide bonds. The molecule has 4 heteroatoms. The van der Waals surface area contributed by atoms with E-state index in [2.05, 4.69) is 5.32 Å². The molecule has 1 aromatic carbocycles. The van der Waals surface area contributed by atoms with Crippen LogP contribution in [0.2, 0.25) is 0 Å². The van der Waals surface area contributed by atoms with Gasteiger partial charge in [-0.1, -0.05) is 0 Å². The summed E-state index contributed by atoms with van der Waals surface area (Å²) < 4.78 is 5.06. The van der Waals surface area contributed by atoms with Crippen molar-refractivity contribution in [2.24, 2.45) is 5.73 Å². The fourth-order valence-corrected chi connectivity index (χ4v) is 1.06. The molecule has 0 fully saturated rings. The Balaban J connectivity index is 2.76. The van der Waals surface area contributed by atoms with Gasteiger partial charge in [0, 0.05) is 36.6 Å². The predicted octanol–water partition coefficient (Wildman–Crippen LogP) is 0.648. The van der Waals surface area contributed by atoms with Gasteiger partial charge in [0.1, 0.15) is 5.75 Å². The van der Waals surface area contributed by atoms with Crippen molar-refractivity contribution in [1.82, 2.24) is 0 Å². The van der Waals surface area contributed by atoms with Crippen molar-refractivity contribution < 1.29 is 4.74 Å². The molecule has 5 N–H and O–H groups in total. The zero-order valence-corrected chi connectivity index (χ0v) is 7.71. The molecule has 0 heterocycles. The van der Waals surface area contributed by atoms with Gasteiger partial charge in [0.25, 0.3) is 0 Å². The van der Waals surface area contributed by atoms with Crippen LogP contribution in [0, 0.1) is 0 Å². The number of nitrogen functional groups attached to an aromatic ring is 1. The number of hydrogen-bond donors (Lipinski definition) is 3. The molecule has 0 atom stereocenters. The van der Waals surface area contributed by atoms with Gasteiger partial charge in [-0.15, -0.1) is 0 Å². The molecule has 4 nitrogen and oxygen atoms in total. The van der Waals surface area contributed by atoms with E-state index in [1.165, 1.54) is 0 Å². The number of rotatable bonds is 4. The Morgan fingerprint density at radius 1 is 1.38 bits per heavy atom.